The van der Waals surface area contributed by atoms with Gasteiger partial charge in [0.05, 0.1) is 19.9 Å². The van der Waals surface area contributed by atoms with Gasteiger partial charge in [-0.15, -0.1) is 10.2 Å². The molecule has 9 aromatic rings. The van der Waals surface area contributed by atoms with Crippen LogP contribution in [-0.2, 0) is 28.7 Å². The molecule has 0 amide bonds. The minimum Gasteiger partial charge on any atom is -0.458 e. The topological polar surface area (TPSA) is 135 Å². The number of hydrogen-bond donors (Lipinski definition) is 0. The summed E-state index contributed by atoms with van der Waals surface area (Å²) in [5.74, 6) is -13.8. The molecule has 98 heavy (non-hydrogen) atoms. The molecule has 0 N–H and O–H groups in total. The summed E-state index contributed by atoms with van der Waals surface area (Å²) in [6, 6.07) is 52.6. The third-order valence-electron chi connectivity index (χ3n) is 16.0. The van der Waals surface area contributed by atoms with Crippen LogP contribution in [0, 0.1) is 86.1 Å². The van der Waals surface area contributed by atoms with Crippen molar-refractivity contribution >= 4 is 60.0 Å². The van der Waals surface area contributed by atoms with E-state index >= 15 is 0 Å². The van der Waals surface area contributed by atoms with Gasteiger partial charge in [0.25, 0.3) is 0 Å². The monoisotopic (exact) mass is 1400 g/mol. The standard InChI is InChI=1S/C19H20O4.C16H14N2O.C14H6F8.C13H14Si.C10H16O2.C5H16OSi2/c1-13(20)22-17-10-8-15(9-11-17)19(3,4)16-6-5-7-18(12-16)23-14(2)21;1-11-3-7-13(8-4-11)15-17-18-16(19-15)14-9-5-12(2)6-10-14;1-3-7(15)11(19)5(12(20)8(3)16)6-13(21)9(17)4(2)10(18)14(6)22;1-14(12-8-4-2-5-9-12)13-10-6-3-7-11-13;1-7(11)9-3-5-10(6-4-9)8(2)12;1-7(2)6-8(3,4)5/h5-12H,1-4H3;3-10H,1-2H3;1-2H3;2-11,14H,1H3;9-10H,3-6H2,1-2H3;7H,1-5H3. The van der Waals surface area contributed by atoms with Gasteiger partial charge in [-0.2, -0.15) is 0 Å². The SMILES string of the molecule is CC(=O)C1CCC(C(C)=O)CC1.CC(=O)Oc1ccc(C(C)(C)c2cccc(OC(C)=O)c2)cc1.C[SiH](C)O[Si](C)(C)C.C[SiH](c1ccccc1)c1ccccc1.Cc1c(F)c(F)c(-c2c(F)c(F)c(C)c(F)c2F)c(F)c1F.Cc1ccc(-c2nnc(-c3ccc(C)cc3)o2)cc1. The Morgan fingerprint density at radius 1 is 0.459 bits per heavy atom. The van der Waals surface area contributed by atoms with E-state index in [1.165, 1.54) is 35.3 Å². The Hall–Kier alpha value is -8.77. The molecule has 0 unspecified atom stereocenters. The van der Waals surface area contributed by atoms with Gasteiger partial charge in [0.15, 0.2) is 63.9 Å². The summed E-state index contributed by atoms with van der Waals surface area (Å²) in [6.07, 6.45) is 3.66. The van der Waals surface area contributed by atoms with Crippen LogP contribution in [0.5, 0.6) is 11.5 Å². The average molecular weight is 1400 g/mol. The molecule has 1 fully saturated rings. The van der Waals surface area contributed by atoms with E-state index in [1.807, 2.05) is 78.9 Å². The number of Topliss-reactive ketones (excluding diaryl/α,β-unsaturated/α-hetero) is 2. The number of carbonyl (C=O) groups is 4. The minimum atomic E-state index is -2.16. The Balaban J connectivity index is 0.000000218. The number of aryl methyl sites for hydroxylation is 2. The van der Waals surface area contributed by atoms with Crippen molar-refractivity contribution in [3.63, 3.8) is 0 Å². The van der Waals surface area contributed by atoms with Gasteiger partial charge in [-0.05, 0) is 160 Å². The molecule has 0 atom stereocenters. The Bertz CT molecular complexity index is 3880. The third-order valence-corrected chi connectivity index (χ3v) is 23.4. The molecule has 0 spiro atoms. The zero-order valence-electron chi connectivity index (χ0n) is 58.3. The molecule has 0 bridgehead atoms. The predicted molar refractivity (Wildman–Crippen MR) is 379 cm³/mol. The van der Waals surface area contributed by atoms with Crippen molar-refractivity contribution in [1.82, 2.24) is 10.2 Å². The van der Waals surface area contributed by atoms with Crippen LogP contribution in [0.15, 0.2) is 162 Å². The zero-order chi connectivity index (χ0) is 72.9. The van der Waals surface area contributed by atoms with Gasteiger partial charge in [-0.1, -0.05) is 151 Å². The molecule has 8 aromatic carbocycles. The highest BCUT2D eigenvalue weighted by atomic mass is 28.4. The lowest BCUT2D eigenvalue weighted by molar-refractivity contribution is -0.132. The molecule has 1 heterocycles. The molecule has 1 saturated carbocycles. The lowest BCUT2D eigenvalue weighted by Gasteiger charge is -2.26. The summed E-state index contributed by atoms with van der Waals surface area (Å²) in [6.45, 7) is 29.2. The number of hydrogen-bond acceptors (Lipinski definition) is 10. The van der Waals surface area contributed by atoms with E-state index in [-0.39, 0.29) is 40.8 Å². The van der Waals surface area contributed by atoms with E-state index in [0.29, 0.717) is 37.1 Å². The maximum absolute atomic E-state index is 13.8. The van der Waals surface area contributed by atoms with Crippen LogP contribution in [0.25, 0.3) is 34.0 Å². The molecule has 10 rings (SSSR count). The van der Waals surface area contributed by atoms with Gasteiger partial charge < -0.3 is 18.0 Å². The van der Waals surface area contributed by atoms with Gasteiger partial charge in [-0.25, -0.2) is 35.1 Å². The van der Waals surface area contributed by atoms with Crippen LogP contribution in [-0.4, -0.2) is 59.9 Å². The normalized spacial score (nSPS) is 13.3. The van der Waals surface area contributed by atoms with Gasteiger partial charge in [-0.3, -0.25) is 19.2 Å². The Labute approximate surface area is 574 Å². The number of aromatic nitrogens is 2. The molecular formula is C77H86F8N2O8Si3. The smallest absolute Gasteiger partial charge is 0.308 e. The molecule has 1 aliphatic rings. The van der Waals surface area contributed by atoms with Crippen LogP contribution >= 0.6 is 0 Å². The quantitative estimate of drug-likeness (QED) is 0.0361. The molecule has 0 saturated heterocycles. The van der Waals surface area contributed by atoms with E-state index in [9.17, 15) is 54.3 Å². The summed E-state index contributed by atoms with van der Waals surface area (Å²) in [5, 5.41) is 11.2. The van der Waals surface area contributed by atoms with Gasteiger partial charge in [0.1, 0.15) is 23.1 Å². The summed E-state index contributed by atoms with van der Waals surface area (Å²) >= 11 is 0. The number of ketones is 2. The fourth-order valence-electron chi connectivity index (χ4n) is 10.4. The number of carbonyl (C=O) groups excluding carboxylic acids is 4. The van der Waals surface area contributed by atoms with Crippen LogP contribution < -0.4 is 19.8 Å². The molecule has 0 aliphatic heterocycles. The molecule has 520 valence electrons. The second-order valence-corrected chi connectivity index (χ2v) is 35.7. The molecule has 1 aliphatic carbocycles. The summed E-state index contributed by atoms with van der Waals surface area (Å²) < 4.78 is 130. The Morgan fingerprint density at radius 3 is 1.13 bits per heavy atom. The maximum Gasteiger partial charge on any atom is 0.308 e. The largest absolute Gasteiger partial charge is 0.458 e. The lowest BCUT2D eigenvalue weighted by Crippen LogP contribution is -2.38. The fraction of sp³-hybridized carbons (Fsp3) is 0.299. The first-order chi connectivity index (χ1) is 46.0. The van der Waals surface area contributed by atoms with E-state index in [2.05, 4.69) is 138 Å². The molecule has 21 heteroatoms. The van der Waals surface area contributed by atoms with E-state index in [4.69, 9.17) is 18.0 Å². The highest BCUT2D eigenvalue weighted by Crippen LogP contribution is 2.39. The van der Waals surface area contributed by atoms with E-state index in [0.717, 1.165) is 47.9 Å². The van der Waals surface area contributed by atoms with Gasteiger partial charge >= 0.3 is 11.9 Å². The zero-order valence-corrected chi connectivity index (χ0v) is 61.6. The van der Waals surface area contributed by atoms with Crippen LogP contribution in [0.1, 0.15) is 101 Å². The first-order valence-electron chi connectivity index (χ1n) is 32.0. The van der Waals surface area contributed by atoms with E-state index in [1.54, 1.807) is 32.0 Å². The van der Waals surface area contributed by atoms with Crippen molar-refractivity contribution < 1.29 is 72.3 Å². The van der Waals surface area contributed by atoms with Crippen LogP contribution in [0.3, 0.4) is 0 Å². The fourth-order valence-corrected chi connectivity index (χ4v) is 18.1. The molecule has 1 aromatic heterocycles. The van der Waals surface area contributed by atoms with Crippen LogP contribution in [0.2, 0.25) is 39.3 Å². The molecule has 0 radical (unpaired) electrons. The van der Waals surface area contributed by atoms with Gasteiger partial charge in [0.2, 0.25) is 11.8 Å². The van der Waals surface area contributed by atoms with Crippen molar-refractivity contribution in [2.45, 2.75) is 140 Å². The average Bonchev–Trinajstić information content (AvgIpc) is 0.861. The maximum atomic E-state index is 13.8. The van der Waals surface area contributed by atoms with Crippen molar-refractivity contribution in [3.8, 4) is 45.5 Å². The number of halogens is 8. The lowest BCUT2D eigenvalue weighted by atomic mass is 9.78. The van der Waals surface area contributed by atoms with E-state index < -0.39 is 94.9 Å². The first-order valence-corrected chi connectivity index (χ1v) is 40.5. The minimum absolute atomic E-state index is 0.237. The third kappa shape index (κ3) is 23.2. The van der Waals surface area contributed by atoms with Gasteiger partial charge in [0, 0.05) is 53.4 Å². The number of esters is 2. The van der Waals surface area contributed by atoms with Crippen molar-refractivity contribution in [3.05, 3.63) is 238 Å². The number of nitrogens with zero attached hydrogens (tertiary/aromatic N) is 2. The van der Waals surface area contributed by atoms with Crippen molar-refractivity contribution in [1.29, 1.82) is 0 Å². The molecule has 10 nitrogen and oxygen atoms in total. The highest BCUT2D eigenvalue weighted by molar-refractivity contribution is 6.84. The predicted octanol–water partition coefficient (Wildman–Crippen LogP) is 18.4. The van der Waals surface area contributed by atoms with Crippen molar-refractivity contribution in [2.75, 3.05) is 0 Å². The summed E-state index contributed by atoms with van der Waals surface area (Å²) in [5.41, 5.74) is 0.245. The summed E-state index contributed by atoms with van der Waals surface area (Å²) in [4.78, 5) is 44.1. The second-order valence-electron chi connectivity index (χ2n) is 25.6. The summed E-state index contributed by atoms with van der Waals surface area (Å²) in [7, 11) is -2.81. The number of rotatable bonds is 13. The van der Waals surface area contributed by atoms with Crippen molar-refractivity contribution in [2.24, 2.45) is 11.8 Å². The molecular weight excluding hydrogens is 1320 g/mol. The first kappa shape index (κ1) is 79.9. The Morgan fingerprint density at radius 2 is 0.816 bits per heavy atom. The highest BCUT2D eigenvalue weighted by Gasteiger charge is 2.33. The number of benzene rings is 8. The second kappa shape index (κ2) is 36.7. The van der Waals surface area contributed by atoms with Crippen LogP contribution in [0.4, 0.5) is 35.1 Å². The Kier molecular flexibility index (Phi) is 29.9. The number of ether oxygens (including phenoxy) is 2.